The van der Waals surface area contributed by atoms with Crippen LogP contribution in [0.5, 0.6) is 0 Å². The van der Waals surface area contributed by atoms with Gasteiger partial charge in [0.1, 0.15) is 11.6 Å². The molecule has 0 saturated heterocycles. The van der Waals surface area contributed by atoms with E-state index in [0.717, 1.165) is 26.5 Å². The van der Waals surface area contributed by atoms with Crippen LogP contribution in [0.25, 0.3) is 11.6 Å². The minimum absolute atomic E-state index is 0. The van der Waals surface area contributed by atoms with Crippen molar-refractivity contribution in [1.82, 2.24) is 34.5 Å². The van der Waals surface area contributed by atoms with Crippen molar-refractivity contribution in [2.75, 3.05) is 16.1 Å². The van der Waals surface area contributed by atoms with Crippen molar-refractivity contribution in [3.63, 3.8) is 0 Å². The molecule has 3 heterocycles. The van der Waals surface area contributed by atoms with Gasteiger partial charge in [-0.2, -0.15) is 35.1 Å². The molecular weight excluding hydrogens is 760 g/mol. The first-order valence-corrected chi connectivity index (χ1v) is 15.7. The number of nitrogens with zero attached hydrogens (tertiary/aromatic N) is 11. The van der Waals surface area contributed by atoms with Gasteiger partial charge in [0, 0.05) is 16.8 Å². The Bertz CT molecular complexity index is 2670. The van der Waals surface area contributed by atoms with E-state index in [1.54, 1.807) is 0 Å². The third kappa shape index (κ3) is 10.3. The second-order valence-electron chi connectivity index (χ2n) is 11.5. The average Bonchev–Trinajstić information content (AvgIpc) is 3.65. The van der Waals surface area contributed by atoms with Gasteiger partial charge in [-0.25, -0.2) is 15.5 Å². The number of azo groups is 1. The molecule has 0 aliphatic carbocycles. The molecule has 0 aliphatic heterocycles. The largest absolute Gasteiger partial charge is 1.00 e. The fourth-order valence-electron chi connectivity index (χ4n) is 5.14. The van der Waals surface area contributed by atoms with Crippen LogP contribution in [0.15, 0.2) is 77.0 Å². The third-order valence-corrected chi connectivity index (χ3v) is 7.92. The molecule has 0 bridgehead atoms. The van der Waals surface area contributed by atoms with Gasteiger partial charge >= 0.3 is 75.4 Å². The van der Waals surface area contributed by atoms with Gasteiger partial charge in [-0.1, -0.05) is 30.3 Å². The average molecular weight is 782 g/mol. The summed E-state index contributed by atoms with van der Waals surface area (Å²) in [4.78, 5) is 58.8. The number of anilines is 5. The molecule has 3 aromatic carbocycles. The number of aromatic carboxylic acids is 4. The third-order valence-electron chi connectivity index (χ3n) is 7.92. The van der Waals surface area contributed by atoms with Crippen molar-refractivity contribution >= 4 is 64.5 Å². The van der Waals surface area contributed by atoms with Gasteiger partial charge in [0.05, 0.1) is 46.6 Å². The molecule has 0 radical (unpaired) electrons. The summed E-state index contributed by atoms with van der Waals surface area (Å²) in [5.74, 6) is -0.870. The molecule has 280 valence electrons. The zero-order valence-corrected chi connectivity index (χ0v) is 32.7. The van der Waals surface area contributed by atoms with E-state index >= 15 is 0 Å². The quantitative estimate of drug-likeness (QED) is 0.0449. The Balaban J connectivity index is 0.00000310. The molecular formula is C34H22Li4N14O8. The maximum atomic E-state index is 11.7. The Morgan fingerprint density at radius 1 is 0.733 bits per heavy atom. The van der Waals surface area contributed by atoms with Crippen molar-refractivity contribution in [2.24, 2.45) is 16.1 Å². The topological polar surface area (TPSA) is 351 Å². The van der Waals surface area contributed by atoms with Crippen LogP contribution in [0.4, 0.5) is 40.6 Å². The van der Waals surface area contributed by atoms with E-state index in [9.17, 15) is 44.9 Å². The summed E-state index contributed by atoms with van der Waals surface area (Å²) in [6.07, 6.45) is 0. The van der Waals surface area contributed by atoms with E-state index in [1.807, 2.05) is 6.07 Å². The fourth-order valence-corrected chi connectivity index (χ4v) is 5.14. The molecule has 60 heavy (non-hydrogen) atoms. The number of nitrogens with two attached hydrogens (primary N) is 2. The minimum Gasteiger partial charge on any atom is -0.545 e. The summed E-state index contributed by atoms with van der Waals surface area (Å²) in [5, 5.41) is 76.6. The molecule has 0 atom stereocenters. The molecule has 0 aliphatic rings. The molecule has 5 N–H and O–H groups in total. The van der Waals surface area contributed by atoms with Gasteiger partial charge in [0.25, 0.3) is 11.9 Å². The molecule has 26 heteroatoms. The molecule has 22 nitrogen and oxygen atoms in total. The number of carbonyl (C=O) groups excluding carboxylic acids is 4. The van der Waals surface area contributed by atoms with Gasteiger partial charge < -0.3 is 50.7 Å². The number of carbonyl (C=O) groups is 4. The Hall–Kier alpha value is -6.19. The summed E-state index contributed by atoms with van der Waals surface area (Å²) in [6.45, 7) is 3.01. The number of nitrogen functional groups attached to an aromatic ring is 1. The van der Waals surface area contributed by atoms with Crippen LogP contribution in [0.3, 0.4) is 0 Å². The van der Waals surface area contributed by atoms with E-state index in [0.29, 0.717) is 5.69 Å². The Morgan fingerprint density at radius 2 is 1.30 bits per heavy atom. The van der Waals surface area contributed by atoms with Crippen LogP contribution in [-0.4, -0.2) is 58.4 Å². The van der Waals surface area contributed by atoms with E-state index in [-0.39, 0.29) is 150 Å². The van der Waals surface area contributed by atoms with Crippen LogP contribution >= 0.6 is 0 Å². The fraction of sp³-hybridized carbons (Fsp3) is 0.0588. The zero-order valence-electron chi connectivity index (χ0n) is 32.7. The second kappa shape index (κ2) is 20.7. The first kappa shape index (κ1) is 50.0. The Morgan fingerprint density at radius 3 is 1.85 bits per heavy atom. The van der Waals surface area contributed by atoms with Crippen LogP contribution < -0.4 is 118 Å². The van der Waals surface area contributed by atoms with Gasteiger partial charge in [-0.3, -0.25) is 0 Å². The van der Waals surface area contributed by atoms with Crippen molar-refractivity contribution < 1.29 is 115 Å². The zero-order chi connectivity index (χ0) is 40.4. The smallest absolute Gasteiger partial charge is 0.545 e. The van der Waals surface area contributed by atoms with E-state index < -0.39 is 35.0 Å². The number of nitriles is 1. The number of nitrogens with one attached hydrogen (secondary N) is 1. The monoisotopic (exact) mass is 782 g/mol. The van der Waals surface area contributed by atoms with Crippen LogP contribution in [0.2, 0.25) is 0 Å². The summed E-state index contributed by atoms with van der Waals surface area (Å²) in [7, 11) is 0. The molecule has 6 aromatic rings. The predicted octanol–water partition coefficient (Wildman–Crippen LogP) is -13.0. The van der Waals surface area contributed by atoms with E-state index in [4.69, 9.17) is 11.6 Å². The first-order valence-electron chi connectivity index (χ1n) is 15.7. The summed E-state index contributed by atoms with van der Waals surface area (Å²) >= 11 is 0. The normalized spacial score (nSPS) is 10.2. The van der Waals surface area contributed by atoms with Gasteiger partial charge in [-0.15, -0.1) is 10.2 Å². The number of hydrogen-bond donors (Lipinski definition) is 3. The van der Waals surface area contributed by atoms with Crippen LogP contribution in [0, 0.1) is 25.2 Å². The molecule has 3 aromatic heterocycles. The van der Waals surface area contributed by atoms with Crippen molar-refractivity contribution in [2.45, 2.75) is 13.8 Å². The molecule has 0 amide bonds. The second-order valence-corrected chi connectivity index (χ2v) is 11.5. The summed E-state index contributed by atoms with van der Waals surface area (Å²) < 4.78 is 2.15. The molecule has 6 rings (SSSR count). The van der Waals surface area contributed by atoms with E-state index in [1.165, 1.54) is 68.4 Å². The predicted molar refractivity (Wildman–Crippen MR) is 183 cm³/mol. The van der Waals surface area contributed by atoms with Crippen molar-refractivity contribution in [3.8, 4) is 17.7 Å². The Kier molecular flexibility index (Phi) is 17.2. The number of benzene rings is 3. The number of rotatable bonds is 12. The molecule has 0 fully saturated rings. The maximum absolute atomic E-state index is 11.7. The van der Waals surface area contributed by atoms with Crippen LogP contribution in [-0.2, 0) is 0 Å². The number of carboxylic acid groups (broad SMARTS) is 4. The van der Waals surface area contributed by atoms with Crippen molar-refractivity contribution in [1.29, 1.82) is 5.26 Å². The maximum Gasteiger partial charge on any atom is 1.00 e. The summed E-state index contributed by atoms with van der Waals surface area (Å²) in [6, 6.07) is 15.8. The molecule has 0 spiro atoms. The van der Waals surface area contributed by atoms with Gasteiger partial charge in [0.15, 0.2) is 17.3 Å². The van der Waals surface area contributed by atoms with E-state index in [2.05, 4.69) is 40.7 Å². The number of carboxylic acids is 4. The number of aryl methyl sites for hydroxylation is 2. The van der Waals surface area contributed by atoms with Gasteiger partial charge in [0.2, 0.25) is 5.95 Å². The van der Waals surface area contributed by atoms with Gasteiger partial charge in [-0.05, 0) is 61.4 Å². The van der Waals surface area contributed by atoms with Crippen LogP contribution in [0.1, 0.15) is 58.4 Å². The first-order chi connectivity index (χ1) is 26.7. The minimum atomic E-state index is -1.80. The van der Waals surface area contributed by atoms with Crippen molar-refractivity contribution in [3.05, 3.63) is 106 Å². The summed E-state index contributed by atoms with van der Waals surface area (Å²) in [5.41, 5.74) is 5.81. The number of aromatic nitrogens is 7. The SMILES string of the molecule is Cc1nn(-c2ccc(C(=O)[O-])c(C(=O)[O-])c2)c(N=Nc2c(C)nn(-c3nc(Nc4ccc(C(=O)[O-])cc4)nc(N(N)c4ccc(C(=O)[O-])cc4)n3)c2N)c1C#N.[Li+].[Li+].[Li+].[Li+]. The standard InChI is InChI=1S/C34H26N14O8.4Li/c1-15-24(14-35)27(47(44-15)21-11-12-22(30(53)54)23(13-21)31(55)56)43-42-25-16(2)45-48(26(25)36)34-40-32(38-19-7-3-17(4-8-19)28(49)50)39-33(41-34)46(37)20-9-5-18(6-10-20)29(51)52;;;;/h3-13H,36-37H2,1-2H3,(H,49,50)(H,51,52)(H,53,54)(H,55,56)(H,38,39,40,41);;;;/q;4*+1/p-4. The number of hydrogen-bond acceptors (Lipinski definition) is 20. The molecule has 0 saturated carbocycles. The Labute approximate surface area is 386 Å². The number of hydrazine groups is 1. The molecule has 0 unspecified atom stereocenters.